The Bertz CT molecular complexity index is 1210. The first kappa shape index (κ1) is 24.1. The van der Waals surface area contributed by atoms with E-state index in [0.29, 0.717) is 59.3 Å². The van der Waals surface area contributed by atoms with Gasteiger partial charge < -0.3 is 20.5 Å². The highest BCUT2D eigenvalue weighted by atomic mass is 16.5. The maximum atomic E-state index is 9.24. The van der Waals surface area contributed by atoms with Crippen LogP contribution in [-0.4, -0.2) is 60.4 Å². The van der Waals surface area contributed by atoms with Crippen LogP contribution in [0.3, 0.4) is 0 Å². The van der Waals surface area contributed by atoms with Crippen molar-refractivity contribution in [1.82, 2.24) is 35.4 Å². The number of fused-ring (bicyclic) bond motifs is 2. The minimum atomic E-state index is -0.110. The highest BCUT2D eigenvalue weighted by molar-refractivity contribution is 5.52. The number of piperidine rings is 2. The Kier molecular flexibility index (Phi) is 7.36. The molecule has 2 fully saturated rings. The molecular weight excluding hydrogens is 458 g/mol. The molecule has 4 N–H and O–H groups in total. The van der Waals surface area contributed by atoms with Gasteiger partial charge in [-0.15, -0.1) is 0 Å². The summed E-state index contributed by atoms with van der Waals surface area (Å²) in [5.74, 6) is 2.26. The predicted molar refractivity (Wildman–Crippen MR) is 132 cm³/mol. The molecule has 2 bridgehead atoms. The summed E-state index contributed by atoms with van der Waals surface area (Å²) in [5.41, 5.74) is 2.33. The highest BCUT2D eigenvalue weighted by Crippen LogP contribution is 2.35. The van der Waals surface area contributed by atoms with Gasteiger partial charge >= 0.3 is 0 Å². The molecule has 2 atom stereocenters. The Morgan fingerprint density at radius 1 is 1.17 bits per heavy atom. The molecule has 188 valence electrons. The number of anilines is 2. The van der Waals surface area contributed by atoms with E-state index in [4.69, 9.17) is 4.74 Å². The van der Waals surface area contributed by atoms with Crippen molar-refractivity contribution < 1.29 is 9.84 Å². The number of aliphatic hydroxyl groups is 1. The zero-order chi connectivity index (χ0) is 24.9. The summed E-state index contributed by atoms with van der Waals surface area (Å²) in [7, 11) is 1.58. The minimum absolute atomic E-state index is 0.110. The number of nitrogens with one attached hydrogen (secondary N) is 3. The van der Waals surface area contributed by atoms with Crippen LogP contribution in [-0.2, 0) is 19.7 Å². The maximum Gasteiger partial charge on any atom is 0.218 e. The lowest BCUT2D eigenvalue weighted by Gasteiger charge is -2.49. The lowest BCUT2D eigenvalue weighted by Crippen LogP contribution is -2.55. The van der Waals surface area contributed by atoms with Crippen molar-refractivity contribution in [3.8, 4) is 11.9 Å². The molecule has 0 amide bonds. The second kappa shape index (κ2) is 11.0. The molecule has 2 aliphatic rings. The van der Waals surface area contributed by atoms with Crippen LogP contribution in [0.5, 0.6) is 5.88 Å². The quantitative estimate of drug-likeness (QED) is 0.353. The molecule has 2 saturated heterocycles. The molecule has 11 heteroatoms. The highest BCUT2D eigenvalue weighted by Gasteiger charge is 2.38. The largest absolute Gasteiger partial charge is 0.481 e. The fourth-order valence-electron chi connectivity index (χ4n) is 5.34. The Labute approximate surface area is 209 Å². The van der Waals surface area contributed by atoms with E-state index in [2.05, 4.69) is 46.8 Å². The van der Waals surface area contributed by atoms with Crippen molar-refractivity contribution in [2.45, 2.75) is 69.9 Å². The van der Waals surface area contributed by atoms with Crippen LogP contribution in [0.15, 0.2) is 30.6 Å². The third kappa shape index (κ3) is 5.62. The van der Waals surface area contributed by atoms with Crippen LogP contribution in [0.25, 0.3) is 0 Å². The summed E-state index contributed by atoms with van der Waals surface area (Å²) < 4.78 is 5.38. The Morgan fingerprint density at radius 2 is 2.00 bits per heavy atom. The summed E-state index contributed by atoms with van der Waals surface area (Å²) in [6.45, 7) is 1.26. The van der Waals surface area contributed by atoms with Gasteiger partial charge in [-0.25, -0.2) is 4.98 Å². The molecule has 0 spiro atoms. The molecule has 3 aromatic rings. The van der Waals surface area contributed by atoms with Crippen molar-refractivity contribution in [1.29, 1.82) is 5.26 Å². The number of H-pyrrole nitrogens is 1. The monoisotopic (exact) mass is 489 g/mol. The van der Waals surface area contributed by atoms with E-state index in [9.17, 15) is 10.4 Å². The SMILES string of the molecule is COc1cc(Nc2cc(CO)[nH]n2)nc(CNC2CC3CCCC(C2)N3Cc2cncc(C#N)c2)n1. The zero-order valence-corrected chi connectivity index (χ0v) is 20.3. The summed E-state index contributed by atoms with van der Waals surface area (Å²) in [4.78, 5) is 16.0. The van der Waals surface area contributed by atoms with Gasteiger partial charge in [-0.2, -0.15) is 15.3 Å². The second-order valence-corrected chi connectivity index (χ2v) is 9.43. The van der Waals surface area contributed by atoms with Gasteiger partial charge in [0, 0.05) is 49.2 Å². The molecule has 11 nitrogen and oxygen atoms in total. The number of rotatable bonds is 9. The van der Waals surface area contributed by atoms with Gasteiger partial charge in [0.15, 0.2) is 5.82 Å². The molecule has 0 saturated carbocycles. The fourth-order valence-corrected chi connectivity index (χ4v) is 5.34. The molecule has 0 aliphatic carbocycles. The average molecular weight is 490 g/mol. The summed E-state index contributed by atoms with van der Waals surface area (Å²) in [6, 6.07) is 8.98. The molecule has 0 radical (unpaired) electrons. The van der Waals surface area contributed by atoms with Gasteiger partial charge in [0.25, 0.3) is 0 Å². The van der Waals surface area contributed by atoms with E-state index in [-0.39, 0.29) is 6.61 Å². The van der Waals surface area contributed by atoms with Gasteiger partial charge in [-0.3, -0.25) is 15.0 Å². The fraction of sp³-hybridized carbons (Fsp3) is 0.480. The Balaban J connectivity index is 1.22. The van der Waals surface area contributed by atoms with Crippen LogP contribution in [0, 0.1) is 11.3 Å². The van der Waals surface area contributed by atoms with E-state index in [1.54, 1.807) is 25.4 Å². The molecule has 2 aliphatic heterocycles. The van der Waals surface area contributed by atoms with E-state index in [1.165, 1.54) is 19.3 Å². The van der Waals surface area contributed by atoms with Crippen LogP contribution in [0.1, 0.15) is 54.7 Å². The number of aromatic nitrogens is 5. The van der Waals surface area contributed by atoms with Crippen molar-refractivity contribution in [3.05, 3.63) is 53.2 Å². The molecule has 0 aromatic carbocycles. The van der Waals surface area contributed by atoms with Gasteiger partial charge in [0.05, 0.1) is 31.5 Å². The lowest BCUT2D eigenvalue weighted by atomic mass is 9.81. The minimum Gasteiger partial charge on any atom is -0.481 e. The molecule has 5 heterocycles. The lowest BCUT2D eigenvalue weighted by molar-refractivity contribution is 0.0171. The molecular formula is C25H31N9O2. The van der Waals surface area contributed by atoms with Crippen molar-refractivity contribution >= 4 is 11.6 Å². The van der Waals surface area contributed by atoms with Crippen LogP contribution < -0.4 is 15.4 Å². The number of aliphatic hydroxyl groups excluding tert-OH is 1. The third-order valence-electron chi connectivity index (χ3n) is 6.98. The van der Waals surface area contributed by atoms with Gasteiger partial charge in [-0.05, 0) is 37.3 Å². The summed E-state index contributed by atoms with van der Waals surface area (Å²) in [5, 5.41) is 32.1. The third-order valence-corrected chi connectivity index (χ3v) is 6.98. The van der Waals surface area contributed by atoms with Crippen molar-refractivity contribution in [2.75, 3.05) is 12.4 Å². The van der Waals surface area contributed by atoms with Crippen LogP contribution in [0.4, 0.5) is 11.6 Å². The summed E-state index contributed by atoms with van der Waals surface area (Å²) >= 11 is 0. The topological polar surface area (TPSA) is 148 Å². The van der Waals surface area contributed by atoms with Crippen LogP contribution >= 0.6 is 0 Å². The number of hydrogen-bond acceptors (Lipinski definition) is 10. The normalized spacial score (nSPS) is 21.6. The van der Waals surface area contributed by atoms with E-state index in [1.807, 2.05) is 12.3 Å². The molecule has 36 heavy (non-hydrogen) atoms. The zero-order valence-electron chi connectivity index (χ0n) is 20.3. The van der Waals surface area contributed by atoms with Crippen LogP contribution in [0.2, 0.25) is 0 Å². The predicted octanol–water partition coefficient (Wildman–Crippen LogP) is 2.39. The first-order chi connectivity index (χ1) is 17.6. The summed E-state index contributed by atoms with van der Waals surface area (Å²) in [6.07, 6.45) is 9.24. The second-order valence-electron chi connectivity index (χ2n) is 9.43. The average Bonchev–Trinajstić information content (AvgIpc) is 3.35. The van der Waals surface area contributed by atoms with Crippen molar-refractivity contribution in [2.24, 2.45) is 0 Å². The first-order valence-electron chi connectivity index (χ1n) is 12.3. The van der Waals surface area contributed by atoms with Crippen molar-refractivity contribution in [3.63, 3.8) is 0 Å². The standard InChI is InChI=1S/C25H31N9O2/c1-36-25-9-22(29-23-8-19(15-35)32-33-23)30-24(31-25)13-28-18-6-20-3-2-4-21(7-18)34(20)14-17-5-16(10-26)11-27-12-17/h5,8-9,11-12,18,20-21,28,35H,2-4,6-7,13-15H2,1H3,(H2,29,30,31,32,33). The number of aromatic amines is 1. The number of hydrogen-bond donors (Lipinski definition) is 4. The van der Waals surface area contributed by atoms with Gasteiger partial charge in [0.1, 0.15) is 17.7 Å². The maximum absolute atomic E-state index is 9.24. The number of nitriles is 1. The van der Waals surface area contributed by atoms with E-state index in [0.717, 1.165) is 24.9 Å². The van der Waals surface area contributed by atoms with E-state index >= 15 is 0 Å². The van der Waals surface area contributed by atoms with Gasteiger partial charge in [-0.1, -0.05) is 6.42 Å². The molecule has 3 aromatic heterocycles. The Hall–Kier alpha value is -3.59. The number of pyridine rings is 1. The number of ether oxygens (including phenoxy) is 1. The smallest absolute Gasteiger partial charge is 0.218 e. The number of methoxy groups -OCH3 is 1. The first-order valence-corrected chi connectivity index (χ1v) is 12.3. The number of nitrogens with zero attached hydrogens (tertiary/aromatic N) is 6. The Morgan fingerprint density at radius 3 is 2.72 bits per heavy atom. The molecule has 2 unspecified atom stereocenters. The van der Waals surface area contributed by atoms with Gasteiger partial charge in [0.2, 0.25) is 5.88 Å². The van der Waals surface area contributed by atoms with E-state index < -0.39 is 0 Å². The molecule has 5 rings (SSSR count).